The molecule has 9 heteroatoms. The van der Waals surface area contributed by atoms with E-state index in [2.05, 4.69) is 5.32 Å². The van der Waals surface area contributed by atoms with E-state index in [4.69, 9.17) is 11.6 Å². The molecule has 164 valence electrons. The molecule has 30 heavy (non-hydrogen) atoms. The Morgan fingerprint density at radius 1 is 1.20 bits per heavy atom. The number of benzene rings is 2. The van der Waals surface area contributed by atoms with Crippen molar-refractivity contribution in [2.45, 2.75) is 25.5 Å². The van der Waals surface area contributed by atoms with Crippen molar-refractivity contribution >= 4 is 45.0 Å². The second-order valence-electron chi connectivity index (χ2n) is 6.83. The molecule has 0 radical (unpaired) electrons. The summed E-state index contributed by atoms with van der Waals surface area (Å²) in [4.78, 5) is 12.0. The molecule has 1 amide bonds. The number of hydrogen-bond donors (Lipinski definition) is 1. The van der Waals surface area contributed by atoms with Gasteiger partial charge in [0.15, 0.2) is 0 Å². The van der Waals surface area contributed by atoms with Crippen LogP contribution >= 0.6 is 23.4 Å². The summed E-state index contributed by atoms with van der Waals surface area (Å²) in [5, 5.41) is 3.21. The van der Waals surface area contributed by atoms with Crippen molar-refractivity contribution in [3.8, 4) is 0 Å². The van der Waals surface area contributed by atoms with Crippen molar-refractivity contribution in [1.82, 2.24) is 5.32 Å². The number of amides is 1. The number of nitrogens with zero attached hydrogens (tertiary/aromatic N) is 1. The highest BCUT2D eigenvalue weighted by atomic mass is 35.5. The Labute approximate surface area is 187 Å². The fourth-order valence-electron chi connectivity index (χ4n) is 2.89. The van der Waals surface area contributed by atoms with Gasteiger partial charge in [-0.3, -0.25) is 9.10 Å². The minimum atomic E-state index is -3.44. The lowest BCUT2D eigenvalue weighted by molar-refractivity contribution is -0.121. The number of para-hydroxylation sites is 1. The third kappa shape index (κ3) is 7.49. The molecule has 0 saturated heterocycles. The lowest BCUT2D eigenvalue weighted by Gasteiger charge is -2.24. The number of rotatable bonds is 11. The molecule has 1 N–H and O–H groups in total. The van der Waals surface area contributed by atoms with Gasteiger partial charge in [0.05, 0.1) is 11.9 Å². The van der Waals surface area contributed by atoms with Gasteiger partial charge in [-0.05, 0) is 37.1 Å². The van der Waals surface area contributed by atoms with E-state index in [1.54, 1.807) is 24.3 Å². The molecule has 0 aliphatic carbocycles. The van der Waals surface area contributed by atoms with Crippen LogP contribution in [-0.2, 0) is 20.6 Å². The summed E-state index contributed by atoms with van der Waals surface area (Å²) in [7, 11) is -3.44. The van der Waals surface area contributed by atoms with E-state index in [1.807, 2.05) is 19.1 Å². The average molecular weight is 473 g/mol. The fraction of sp³-hybridized carbons (Fsp3) is 0.381. The van der Waals surface area contributed by atoms with Gasteiger partial charge < -0.3 is 5.32 Å². The van der Waals surface area contributed by atoms with Crippen molar-refractivity contribution in [2.24, 2.45) is 0 Å². The van der Waals surface area contributed by atoms with E-state index in [0.29, 0.717) is 40.7 Å². The first-order valence-corrected chi connectivity index (χ1v) is 12.9. The first-order valence-electron chi connectivity index (χ1n) is 9.51. The number of sulfonamides is 1. The number of carbonyl (C=O) groups excluding carboxylic acids is 1. The van der Waals surface area contributed by atoms with Crippen LogP contribution in [0.15, 0.2) is 42.5 Å². The Kier molecular flexibility index (Phi) is 9.45. The van der Waals surface area contributed by atoms with Gasteiger partial charge in [-0.2, -0.15) is 11.8 Å². The van der Waals surface area contributed by atoms with E-state index in [0.717, 1.165) is 5.56 Å². The molecule has 0 spiro atoms. The average Bonchev–Trinajstić information content (AvgIpc) is 2.67. The molecule has 0 atom stereocenters. The normalized spacial score (nSPS) is 11.3. The summed E-state index contributed by atoms with van der Waals surface area (Å²) >= 11 is 7.47. The number of anilines is 1. The van der Waals surface area contributed by atoms with E-state index >= 15 is 0 Å². The predicted octanol–water partition coefficient (Wildman–Crippen LogP) is 4.38. The molecule has 5 nitrogen and oxygen atoms in total. The smallest absolute Gasteiger partial charge is 0.232 e. The molecule has 0 heterocycles. The third-order valence-electron chi connectivity index (χ3n) is 4.43. The summed E-state index contributed by atoms with van der Waals surface area (Å²) in [5.74, 6) is 0.580. The van der Waals surface area contributed by atoms with Gasteiger partial charge in [-0.15, -0.1) is 0 Å². The van der Waals surface area contributed by atoms with E-state index in [-0.39, 0.29) is 24.7 Å². The number of aryl methyl sites for hydroxylation is 1. The molecule has 2 aromatic rings. The number of thioether (sulfide) groups is 1. The van der Waals surface area contributed by atoms with Gasteiger partial charge in [-0.1, -0.05) is 35.9 Å². The lowest BCUT2D eigenvalue weighted by atomic mass is 10.2. The molecule has 0 saturated carbocycles. The number of carbonyl (C=O) groups is 1. The maximum atomic E-state index is 13.7. The lowest BCUT2D eigenvalue weighted by Crippen LogP contribution is -2.33. The quantitative estimate of drug-likeness (QED) is 0.493. The zero-order chi connectivity index (χ0) is 22.1. The highest BCUT2D eigenvalue weighted by Gasteiger charge is 2.19. The van der Waals surface area contributed by atoms with Gasteiger partial charge in [0, 0.05) is 41.6 Å². The standard InChI is InChI=1S/C21H26ClFN2O3S2/c1-16-7-3-4-10-20(16)25(30(2,27)28)13-6-11-21(26)24-12-14-29-15-17-18(22)8-5-9-19(17)23/h3-5,7-10H,6,11-15H2,1-2H3,(H,24,26). The molecule has 2 rings (SSSR count). The van der Waals surface area contributed by atoms with Crippen LogP contribution in [0.25, 0.3) is 0 Å². The maximum Gasteiger partial charge on any atom is 0.232 e. The molecule has 0 unspecified atom stereocenters. The van der Waals surface area contributed by atoms with Crippen molar-refractivity contribution in [1.29, 1.82) is 0 Å². The molecule has 0 aliphatic rings. The molecular formula is C21H26ClFN2O3S2. The third-order valence-corrected chi connectivity index (χ3v) is 6.95. The van der Waals surface area contributed by atoms with Crippen LogP contribution in [0, 0.1) is 12.7 Å². The molecule has 0 aliphatic heterocycles. The molecule has 0 bridgehead atoms. The SMILES string of the molecule is Cc1ccccc1N(CCCC(=O)NCCSCc1c(F)cccc1Cl)S(C)(=O)=O. The first-order chi connectivity index (χ1) is 14.2. The Bertz CT molecular complexity index is 950. The summed E-state index contributed by atoms with van der Waals surface area (Å²) in [6.07, 6.45) is 1.80. The largest absolute Gasteiger partial charge is 0.355 e. The van der Waals surface area contributed by atoms with Crippen LogP contribution in [0.4, 0.5) is 10.1 Å². The van der Waals surface area contributed by atoms with E-state index < -0.39 is 10.0 Å². The Morgan fingerprint density at radius 2 is 1.93 bits per heavy atom. The van der Waals surface area contributed by atoms with Crippen LogP contribution < -0.4 is 9.62 Å². The topological polar surface area (TPSA) is 66.5 Å². The second kappa shape index (κ2) is 11.6. The number of nitrogens with one attached hydrogen (secondary N) is 1. The van der Waals surface area contributed by atoms with Crippen molar-refractivity contribution < 1.29 is 17.6 Å². The summed E-state index contributed by atoms with van der Waals surface area (Å²) < 4.78 is 39.4. The van der Waals surface area contributed by atoms with Crippen molar-refractivity contribution in [3.63, 3.8) is 0 Å². The van der Waals surface area contributed by atoms with Crippen LogP contribution in [0.2, 0.25) is 5.02 Å². The minimum absolute atomic E-state index is 0.141. The zero-order valence-electron chi connectivity index (χ0n) is 17.0. The predicted molar refractivity (Wildman–Crippen MR) is 123 cm³/mol. The minimum Gasteiger partial charge on any atom is -0.355 e. The first kappa shape index (κ1) is 24.5. The van der Waals surface area contributed by atoms with Gasteiger partial charge in [0.25, 0.3) is 0 Å². The van der Waals surface area contributed by atoms with Gasteiger partial charge in [0.1, 0.15) is 5.82 Å². The molecule has 0 aromatic heterocycles. The number of hydrogen-bond acceptors (Lipinski definition) is 4. The van der Waals surface area contributed by atoms with Crippen molar-refractivity contribution in [3.05, 3.63) is 64.4 Å². The monoisotopic (exact) mass is 472 g/mol. The highest BCUT2D eigenvalue weighted by Crippen LogP contribution is 2.24. The van der Waals surface area contributed by atoms with Gasteiger partial charge in [-0.25, -0.2) is 12.8 Å². The summed E-state index contributed by atoms with van der Waals surface area (Å²) in [5.41, 5.74) is 1.95. The van der Waals surface area contributed by atoms with Crippen LogP contribution in [-0.4, -0.2) is 39.4 Å². The van der Waals surface area contributed by atoms with E-state index in [1.165, 1.54) is 28.4 Å². The van der Waals surface area contributed by atoms with Crippen LogP contribution in [0.1, 0.15) is 24.0 Å². The molecular weight excluding hydrogens is 447 g/mol. The van der Waals surface area contributed by atoms with E-state index in [9.17, 15) is 17.6 Å². The molecule has 2 aromatic carbocycles. The Hall–Kier alpha value is -1.77. The van der Waals surface area contributed by atoms with Crippen LogP contribution in [0.3, 0.4) is 0 Å². The number of halogens is 2. The zero-order valence-corrected chi connectivity index (χ0v) is 19.4. The fourth-order valence-corrected chi connectivity index (χ4v) is 5.11. The highest BCUT2D eigenvalue weighted by molar-refractivity contribution is 7.98. The van der Waals surface area contributed by atoms with Crippen LogP contribution in [0.5, 0.6) is 0 Å². The molecule has 0 fully saturated rings. The van der Waals surface area contributed by atoms with Gasteiger partial charge >= 0.3 is 0 Å². The Balaban J connectivity index is 1.73. The maximum absolute atomic E-state index is 13.7. The second-order valence-corrected chi connectivity index (χ2v) is 10.2. The Morgan fingerprint density at radius 3 is 2.60 bits per heavy atom. The van der Waals surface area contributed by atoms with Gasteiger partial charge in [0.2, 0.25) is 15.9 Å². The summed E-state index contributed by atoms with van der Waals surface area (Å²) in [6.45, 7) is 2.53. The summed E-state index contributed by atoms with van der Waals surface area (Å²) in [6, 6.07) is 11.8. The van der Waals surface area contributed by atoms with Crippen molar-refractivity contribution in [2.75, 3.05) is 29.4 Å².